The Labute approximate surface area is 121 Å². The molecule has 1 atom stereocenters. The molecule has 1 aliphatic heterocycles. The van der Waals surface area contributed by atoms with Crippen LogP contribution in [0.5, 0.6) is 0 Å². The Morgan fingerprint density at radius 2 is 1.95 bits per heavy atom. The van der Waals surface area contributed by atoms with E-state index in [9.17, 15) is 8.42 Å². The molecule has 1 saturated carbocycles. The average Bonchev–Trinajstić information content (AvgIpc) is 2.78. The Bertz CT molecular complexity index is 444. The van der Waals surface area contributed by atoms with Crippen LogP contribution in [0, 0.1) is 0 Å². The minimum absolute atomic E-state index is 0.0519. The van der Waals surface area contributed by atoms with Crippen molar-refractivity contribution in [3.63, 3.8) is 0 Å². The van der Waals surface area contributed by atoms with Crippen molar-refractivity contribution in [3.8, 4) is 0 Å². The molecule has 7 heteroatoms. The Kier molecular flexibility index (Phi) is 4.49. The van der Waals surface area contributed by atoms with Crippen molar-refractivity contribution in [2.24, 2.45) is 5.73 Å². The van der Waals surface area contributed by atoms with E-state index in [4.69, 9.17) is 18.0 Å². The van der Waals surface area contributed by atoms with Crippen LogP contribution >= 0.6 is 12.2 Å². The minimum atomic E-state index is -3.50. The van der Waals surface area contributed by atoms with E-state index in [1.807, 2.05) is 6.92 Å². The average molecular weight is 305 g/mol. The van der Waals surface area contributed by atoms with Gasteiger partial charge in [0.1, 0.15) is 0 Å². The summed E-state index contributed by atoms with van der Waals surface area (Å²) in [5, 5.41) is 0. The predicted molar refractivity (Wildman–Crippen MR) is 80.1 cm³/mol. The number of rotatable bonds is 4. The van der Waals surface area contributed by atoms with Gasteiger partial charge in [-0.05, 0) is 32.6 Å². The van der Waals surface area contributed by atoms with Gasteiger partial charge < -0.3 is 5.73 Å². The van der Waals surface area contributed by atoms with Crippen molar-refractivity contribution in [2.75, 3.05) is 6.54 Å². The molecule has 1 aliphatic carbocycles. The molecular weight excluding hydrogens is 282 g/mol. The molecule has 2 fully saturated rings. The highest BCUT2D eigenvalue weighted by atomic mass is 32.2. The lowest BCUT2D eigenvalue weighted by atomic mass is 10.00. The maximum atomic E-state index is 12.6. The summed E-state index contributed by atoms with van der Waals surface area (Å²) < 4.78 is 29.5. The van der Waals surface area contributed by atoms with Crippen LogP contribution in [-0.2, 0) is 10.2 Å². The molecule has 0 amide bonds. The highest BCUT2D eigenvalue weighted by Crippen LogP contribution is 2.32. The van der Waals surface area contributed by atoms with Gasteiger partial charge in [0.05, 0.1) is 10.5 Å². The SMILES string of the molecule is CC1CCCCN1S(=O)(=O)NC1(C(N)=S)CCCC1. The first-order chi connectivity index (χ1) is 8.87. The lowest BCUT2D eigenvalue weighted by molar-refractivity contribution is 0.262. The number of thiocarbonyl (C=S) groups is 1. The Hall–Kier alpha value is -0.240. The van der Waals surface area contributed by atoms with Crippen molar-refractivity contribution in [1.82, 2.24) is 9.03 Å². The van der Waals surface area contributed by atoms with Gasteiger partial charge in [-0.2, -0.15) is 17.4 Å². The van der Waals surface area contributed by atoms with E-state index in [2.05, 4.69) is 4.72 Å². The maximum Gasteiger partial charge on any atom is 0.280 e. The van der Waals surface area contributed by atoms with Gasteiger partial charge in [0.15, 0.2) is 0 Å². The highest BCUT2D eigenvalue weighted by Gasteiger charge is 2.43. The zero-order valence-electron chi connectivity index (χ0n) is 11.4. The van der Waals surface area contributed by atoms with Crippen LogP contribution in [0.25, 0.3) is 0 Å². The molecule has 1 saturated heterocycles. The Morgan fingerprint density at radius 3 is 2.47 bits per heavy atom. The molecule has 0 radical (unpaired) electrons. The van der Waals surface area contributed by atoms with Crippen molar-refractivity contribution in [3.05, 3.63) is 0 Å². The Morgan fingerprint density at radius 1 is 1.32 bits per heavy atom. The van der Waals surface area contributed by atoms with Gasteiger partial charge in [-0.1, -0.05) is 31.5 Å². The summed E-state index contributed by atoms with van der Waals surface area (Å²) in [6.07, 6.45) is 6.29. The number of nitrogens with zero attached hydrogens (tertiary/aromatic N) is 1. The molecule has 2 aliphatic rings. The molecule has 0 bridgehead atoms. The zero-order chi connectivity index (χ0) is 14.1. The van der Waals surface area contributed by atoms with E-state index in [0.717, 1.165) is 32.1 Å². The number of piperidine rings is 1. The van der Waals surface area contributed by atoms with E-state index in [0.29, 0.717) is 19.4 Å². The standard InChI is InChI=1S/C12H23N3O2S2/c1-10-6-2-5-9-15(10)19(16,17)14-12(11(13)18)7-3-4-8-12/h10,14H,2-9H2,1H3,(H2,13,18). The van der Waals surface area contributed by atoms with Gasteiger partial charge in [0, 0.05) is 12.6 Å². The third-order valence-electron chi connectivity index (χ3n) is 4.30. The Balaban J connectivity index is 2.17. The summed E-state index contributed by atoms with van der Waals surface area (Å²) in [5.41, 5.74) is 5.09. The van der Waals surface area contributed by atoms with Gasteiger partial charge in [-0.15, -0.1) is 0 Å². The molecule has 5 nitrogen and oxygen atoms in total. The molecule has 2 rings (SSSR count). The lowest BCUT2D eigenvalue weighted by Gasteiger charge is -2.36. The van der Waals surface area contributed by atoms with E-state index in [1.165, 1.54) is 0 Å². The molecule has 0 aromatic carbocycles. The van der Waals surface area contributed by atoms with Crippen molar-refractivity contribution in [1.29, 1.82) is 0 Å². The smallest absolute Gasteiger partial charge is 0.280 e. The number of hydrogen-bond acceptors (Lipinski definition) is 3. The predicted octanol–water partition coefficient (Wildman–Crippen LogP) is 1.29. The molecule has 19 heavy (non-hydrogen) atoms. The van der Waals surface area contributed by atoms with Crippen LogP contribution in [0.15, 0.2) is 0 Å². The van der Waals surface area contributed by atoms with Crippen molar-refractivity contribution >= 4 is 27.4 Å². The molecule has 0 aromatic heterocycles. The first kappa shape index (κ1) is 15.2. The summed E-state index contributed by atoms with van der Waals surface area (Å²) in [5.74, 6) is 0. The van der Waals surface area contributed by atoms with Crippen LogP contribution in [0.2, 0.25) is 0 Å². The van der Waals surface area contributed by atoms with Gasteiger partial charge in [-0.25, -0.2) is 0 Å². The number of nitrogens with one attached hydrogen (secondary N) is 1. The fourth-order valence-corrected chi connectivity index (χ4v) is 5.31. The molecule has 3 N–H and O–H groups in total. The zero-order valence-corrected chi connectivity index (χ0v) is 13.0. The molecule has 0 spiro atoms. The maximum absolute atomic E-state index is 12.6. The van der Waals surface area contributed by atoms with E-state index < -0.39 is 15.7 Å². The second-order valence-electron chi connectivity index (χ2n) is 5.72. The van der Waals surface area contributed by atoms with Crippen LogP contribution in [0.3, 0.4) is 0 Å². The molecule has 1 unspecified atom stereocenters. The normalized spacial score (nSPS) is 28.4. The summed E-state index contributed by atoms with van der Waals surface area (Å²) >= 11 is 5.10. The quantitative estimate of drug-likeness (QED) is 0.768. The highest BCUT2D eigenvalue weighted by molar-refractivity contribution is 7.87. The number of hydrogen-bond donors (Lipinski definition) is 2. The first-order valence-corrected chi connectivity index (χ1v) is 8.83. The topological polar surface area (TPSA) is 75.4 Å². The van der Waals surface area contributed by atoms with Crippen LogP contribution < -0.4 is 10.5 Å². The molecular formula is C12H23N3O2S2. The largest absolute Gasteiger partial charge is 0.392 e. The summed E-state index contributed by atoms with van der Waals surface area (Å²) in [6, 6.07) is 0.0519. The van der Waals surface area contributed by atoms with Crippen molar-refractivity contribution in [2.45, 2.75) is 63.5 Å². The van der Waals surface area contributed by atoms with Gasteiger partial charge in [-0.3, -0.25) is 0 Å². The fourth-order valence-electron chi connectivity index (χ4n) is 3.11. The van der Waals surface area contributed by atoms with E-state index in [-0.39, 0.29) is 11.0 Å². The monoisotopic (exact) mass is 305 g/mol. The first-order valence-electron chi connectivity index (χ1n) is 6.98. The van der Waals surface area contributed by atoms with E-state index in [1.54, 1.807) is 4.31 Å². The molecule has 0 aromatic rings. The fraction of sp³-hybridized carbons (Fsp3) is 0.917. The third-order valence-corrected chi connectivity index (χ3v) is 6.50. The number of nitrogens with two attached hydrogens (primary N) is 1. The van der Waals surface area contributed by atoms with E-state index >= 15 is 0 Å². The van der Waals surface area contributed by atoms with Gasteiger partial charge >= 0.3 is 0 Å². The third kappa shape index (κ3) is 3.09. The second-order valence-corrected chi connectivity index (χ2v) is 7.78. The lowest BCUT2D eigenvalue weighted by Crippen LogP contribution is -2.59. The summed E-state index contributed by atoms with van der Waals surface area (Å²) in [6.45, 7) is 2.55. The van der Waals surface area contributed by atoms with Crippen LogP contribution in [0.4, 0.5) is 0 Å². The van der Waals surface area contributed by atoms with Crippen LogP contribution in [-0.4, -0.2) is 35.8 Å². The van der Waals surface area contributed by atoms with Gasteiger partial charge in [0.2, 0.25) is 0 Å². The van der Waals surface area contributed by atoms with Crippen molar-refractivity contribution < 1.29 is 8.42 Å². The van der Waals surface area contributed by atoms with Gasteiger partial charge in [0.25, 0.3) is 10.2 Å². The molecule has 110 valence electrons. The summed E-state index contributed by atoms with van der Waals surface area (Å²) in [7, 11) is -3.50. The summed E-state index contributed by atoms with van der Waals surface area (Å²) in [4.78, 5) is 0.276. The van der Waals surface area contributed by atoms with Crippen LogP contribution in [0.1, 0.15) is 51.9 Å². The second kappa shape index (κ2) is 5.63. The molecule has 1 heterocycles. The minimum Gasteiger partial charge on any atom is -0.392 e.